The first-order chi connectivity index (χ1) is 20.0. The highest BCUT2D eigenvalue weighted by molar-refractivity contribution is 5.96. The Morgan fingerprint density at radius 1 is 1.05 bits per heavy atom. The highest BCUT2D eigenvalue weighted by atomic mass is 19.4. The smallest absolute Gasteiger partial charge is 0.416 e. The molecule has 222 valence electrons. The minimum Gasteiger partial charge on any atom is -0.496 e. The van der Waals surface area contributed by atoms with Crippen LogP contribution >= 0.6 is 0 Å². The van der Waals surface area contributed by atoms with Crippen molar-refractivity contribution >= 4 is 11.8 Å². The van der Waals surface area contributed by atoms with Crippen molar-refractivity contribution in [1.29, 1.82) is 0 Å². The summed E-state index contributed by atoms with van der Waals surface area (Å²) in [6, 6.07) is 13.4. The van der Waals surface area contributed by atoms with Gasteiger partial charge < -0.3 is 20.1 Å². The number of carbonyl (C=O) groups excluding carboxylic acids is 2. The van der Waals surface area contributed by atoms with Gasteiger partial charge in [-0.2, -0.15) is 13.2 Å². The van der Waals surface area contributed by atoms with Crippen LogP contribution in [0.4, 0.5) is 17.6 Å². The fraction of sp³-hybridized carbons (Fsp3) is 0.333. The van der Waals surface area contributed by atoms with Crippen molar-refractivity contribution in [3.63, 3.8) is 0 Å². The van der Waals surface area contributed by atoms with Gasteiger partial charge in [-0.3, -0.25) is 20.4 Å². The lowest BCUT2D eigenvalue weighted by Crippen LogP contribution is -2.32. The fourth-order valence-corrected chi connectivity index (χ4v) is 5.42. The number of amides is 2. The van der Waals surface area contributed by atoms with Crippen LogP contribution in [0.15, 0.2) is 60.7 Å². The van der Waals surface area contributed by atoms with Crippen LogP contribution in [0.3, 0.4) is 0 Å². The number of rotatable bonds is 7. The number of aliphatic hydroxyl groups excluding tert-OH is 1. The van der Waals surface area contributed by atoms with E-state index in [-0.39, 0.29) is 42.5 Å². The number of methoxy groups -OCH3 is 1. The molecule has 2 fully saturated rings. The van der Waals surface area contributed by atoms with Crippen LogP contribution in [-0.2, 0) is 12.7 Å². The van der Waals surface area contributed by atoms with Gasteiger partial charge in [-0.25, -0.2) is 4.39 Å². The number of hydrazine groups is 1. The van der Waals surface area contributed by atoms with E-state index in [1.54, 1.807) is 42.3 Å². The molecule has 2 aliphatic rings. The summed E-state index contributed by atoms with van der Waals surface area (Å²) in [6.45, 7) is 1.25. The highest BCUT2D eigenvalue weighted by Gasteiger charge is 2.36. The average Bonchev–Trinajstić information content (AvgIpc) is 3.65. The molecule has 4 N–H and O–H groups in total. The third kappa shape index (κ3) is 6.25. The molecule has 2 saturated heterocycles. The molecule has 5 rings (SSSR count). The standard InChI is InChI=1S/C30H30F4N4O4/c1-42-27-10-19(6-8-24(27)21-14-36-37-15-21)29(41)38-16-23(39)12-26(38)17-3-2-4-18(9-17)28(40)35-13-20-5-7-22(11-25(20)31)30(32,33)34/h2-11,21,23,26,36-37,39H,12-16H2,1H3,(H,35,40)/t23?,26-/m1/s1. The van der Waals surface area contributed by atoms with Gasteiger partial charge in [-0.05, 0) is 53.9 Å². The van der Waals surface area contributed by atoms with Crippen LogP contribution in [-0.4, -0.2) is 54.7 Å². The third-order valence-corrected chi connectivity index (χ3v) is 7.64. The normalized spacial score (nSPS) is 19.2. The molecule has 2 heterocycles. The number of benzene rings is 3. The van der Waals surface area contributed by atoms with Crippen LogP contribution in [0.2, 0.25) is 0 Å². The second-order valence-corrected chi connectivity index (χ2v) is 10.4. The maximum Gasteiger partial charge on any atom is 0.416 e. The van der Waals surface area contributed by atoms with Gasteiger partial charge in [0.25, 0.3) is 11.8 Å². The molecule has 2 aliphatic heterocycles. The SMILES string of the molecule is COc1cc(C(=O)N2CC(O)C[C@@H]2c2cccc(C(=O)NCc3ccc(C(F)(F)F)cc3F)c2)ccc1C1CNNC1. The molecule has 3 aromatic carbocycles. The van der Waals surface area contributed by atoms with Crippen LogP contribution in [0, 0.1) is 5.82 Å². The van der Waals surface area contributed by atoms with E-state index in [1.165, 1.54) is 6.07 Å². The molecule has 2 amide bonds. The lowest BCUT2D eigenvalue weighted by atomic mass is 9.97. The number of carbonyl (C=O) groups is 2. The largest absolute Gasteiger partial charge is 0.496 e. The lowest BCUT2D eigenvalue weighted by Gasteiger charge is -2.26. The fourth-order valence-electron chi connectivity index (χ4n) is 5.42. The number of nitrogens with zero attached hydrogens (tertiary/aromatic N) is 1. The summed E-state index contributed by atoms with van der Waals surface area (Å²) in [7, 11) is 1.55. The van der Waals surface area contributed by atoms with E-state index in [1.807, 2.05) is 6.07 Å². The summed E-state index contributed by atoms with van der Waals surface area (Å²) < 4.78 is 58.3. The minimum absolute atomic E-state index is 0.0925. The van der Waals surface area contributed by atoms with Gasteiger partial charge in [-0.15, -0.1) is 0 Å². The van der Waals surface area contributed by atoms with E-state index >= 15 is 0 Å². The highest BCUT2D eigenvalue weighted by Crippen LogP contribution is 2.36. The first-order valence-electron chi connectivity index (χ1n) is 13.4. The summed E-state index contributed by atoms with van der Waals surface area (Å²) in [4.78, 5) is 28.1. The Hall–Kier alpha value is -4.00. The van der Waals surface area contributed by atoms with Gasteiger partial charge >= 0.3 is 6.18 Å². The third-order valence-electron chi connectivity index (χ3n) is 7.64. The van der Waals surface area contributed by atoms with Gasteiger partial charge in [-0.1, -0.05) is 24.3 Å². The first-order valence-corrected chi connectivity index (χ1v) is 13.4. The molecule has 3 aromatic rings. The van der Waals surface area contributed by atoms with E-state index in [0.29, 0.717) is 22.9 Å². The number of alkyl halides is 3. The quantitative estimate of drug-likeness (QED) is 0.313. The zero-order valence-corrected chi connectivity index (χ0v) is 22.7. The zero-order valence-electron chi connectivity index (χ0n) is 22.7. The Labute approximate surface area is 239 Å². The lowest BCUT2D eigenvalue weighted by molar-refractivity contribution is -0.137. The Morgan fingerprint density at radius 3 is 2.50 bits per heavy atom. The molecule has 0 aromatic heterocycles. The minimum atomic E-state index is -4.67. The second kappa shape index (κ2) is 12.1. The van der Waals surface area contributed by atoms with Crippen molar-refractivity contribution in [1.82, 2.24) is 21.1 Å². The summed E-state index contributed by atoms with van der Waals surface area (Å²) in [5, 5.41) is 13.0. The van der Waals surface area contributed by atoms with Crippen molar-refractivity contribution in [3.05, 3.63) is 99.9 Å². The number of hydrogen-bond donors (Lipinski definition) is 4. The summed E-state index contributed by atoms with van der Waals surface area (Å²) in [6.07, 6.45) is -5.18. The molecule has 0 saturated carbocycles. The van der Waals surface area contributed by atoms with Crippen LogP contribution in [0.1, 0.15) is 61.4 Å². The topological polar surface area (TPSA) is 103 Å². The molecular formula is C30H30F4N4O4. The molecule has 12 heteroatoms. The number of β-amino-alcohol motifs (C(OH)–C–C–N with tert-alkyl or cyclic N) is 1. The van der Waals surface area contributed by atoms with Crippen molar-refractivity contribution in [2.45, 2.75) is 37.2 Å². The maximum absolute atomic E-state index is 14.2. The number of nitrogens with one attached hydrogen (secondary N) is 3. The number of hydrogen-bond acceptors (Lipinski definition) is 6. The second-order valence-electron chi connectivity index (χ2n) is 10.4. The summed E-state index contributed by atoms with van der Waals surface area (Å²) in [5.74, 6) is -1.15. The molecule has 0 spiro atoms. The van der Waals surface area contributed by atoms with E-state index in [4.69, 9.17) is 4.74 Å². The van der Waals surface area contributed by atoms with E-state index < -0.39 is 35.6 Å². The van der Waals surface area contributed by atoms with E-state index in [2.05, 4.69) is 16.2 Å². The predicted molar refractivity (Wildman–Crippen MR) is 145 cm³/mol. The van der Waals surface area contributed by atoms with Crippen molar-refractivity contribution in [3.8, 4) is 5.75 Å². The van der Waals surface area contributed by atoms with Gasteiger partial charge in [0.2, 0.25) is 0 Å². The predicted octanol–water partition coefficient (Wildman–Crippen LogP) is 3.92. The van der Waals surface area contributed by atoms with Crippen LogP contribution in [0.25, 0.3) is 0 Å². The number of aliphatic hydroxyl groups is 1. The summed E-state index contributed by atoms with van der Waals surface area (Å²) in [5.41, 5.74) is 7.18. The Kier molecular flexibility index (Phi) is 8.48. The average molecular weight is 587 g/mol. The van der Waals surface area contributed by atoms with Gasteiger partial charge in [0, 0.05) is 48.8 Å². The number of ether oxygens (including phenoxy) is 1. The zero-order chi connectivity index (χ0) is 30.0. The van der Waals surface area contributed by atoms with Crippen molar-refractivity contribution < 1.29 is 37.0 Å². The Morgan fingerprint density at radius 2 is 1.81 bits per heavy atom. The summed E-state index contributed by atoms with van der Waals surface area (Å²) >= 11 is 0. The van der Waals surface area contributed by atoms with E-state index in [0.717, 1.165) is 30.8 Å². The van der Waals surface area contributed by atoms with Crippen LogP contribution < -0.4 is 20.9 Å². The van der Waals surface area contributed by atoms with Crippen LogP contribution in [0.5, 0.6) is 5.75 Å². The van der Waals surface area contributed by atoms with Gasteiger partial charge in [0.15, 0.2) is 0 Å². The molecule has 1 unspecified atom stereocenters. The molecule has 0 bridgehead atoms. The first kappa shape index (κ1) is 29.5. The molecule has 0 radical (unpaired) electrons. The molecule has 0 aliphatic carbocycles. The van der Waals surface area contributed by atoms with E-state index in [9.17, 15) is 32.3 Å². The van der Waals surface area contributed by atoms with Crippen molar-refractivity contribution in [2.75, 3.05) is 26.7 Å². The van der Waals surface area contributed by atoms with Crippen molar-refractivity contribution in [2.24, 2.45) is 0 Å². The Bertz CT molecular complexity index is 1480. The van der Waals surface area contributed by atoms with Gasteiger partial charge in [0.05, 0.1) is 24.8 Å². The monoisotopic (exact) mass is 586 g/mol. The van der Waals surface area contributed by atoms with Gasteiger partial charge in [0.1, 0.15) is 11.6 Å². The Balaban J connectivity index is 1.31. The molecule has 8 nitrogen and oxygen atoms in total. The molecule has 2 atom stereocenters. The number of likely N-dealkylation sites (tertiary alicyclic amines) is 1. The molecule has 42 heavy (non-hydrogen) atoms. The molecular weight excluding hydrogens is 556 g/mol. The number of halogens is 4. The maximum atomic E-state index is 14.2.